The van der Waals surface area contributed by atoms with Crippen LogP contribution in [0, 0.1) is 0 Å². The van der Waals surface area contributed by atoms with Crippen LogP contribution in [0.3, 0.4) is 0 Å². The van der Waals surface area contributed by atoms with Crippen molar-refractivity contribution in [2.24, 2.45) is 4.99 Å². The molecule has 2 amide bonds. The molecule has 34 heavy (non-hydrogen) atoms. The Morgan fingerprint density at radius 1 is 1.26 bits per heavy atom. The first kappa shape index (κ1) is 23.7. The second kappa shape index (κ2) is 9.79. The number of aliphatic imine (C=N–C) groups is 1. The smallest absolute Gasteiger partial charge is 0.339 e. The molecule has 2 aliphatic rings. The number of imide groups is 1. The molecule has 0 bridgehead atoms. The van der Waals surface area contributed by atoms with Crippen molar-refractivity contribution in [1.29, 1.82) is 0 Å². The van der Waals surface area contributed by atoms with Crippen LogP contribution in [0.5, 0.6) is 0 Å². The van der Waals surface area contributed by atoms with Crippen LogP contribution in [-0.4, -0.2) is 59.8 Å². The first-order valence-electron chi connectivity index (χ1n) is 10.9. The average molecular weight is 483 g/mol. The van der Waals surface area contributed by atoms with E-state index in [9.17, 15) is 19.5 Å². The molecule has 8 nitrogen and oxygen atoms in total. The molecule has 0 spiro atoms. The Hall–Kier alpha value is -3.49. The zero-order valence-electron chi connectivity index (χ0n) is 18.8. The Labute approximate surface area is 201 Å². The Balaban J connectivity index is 1.68. The van der Waals surface area contributed by atoms with E-state index in [1.165, 1.54) is 0 Å². The van der Waals surface area contributed by atoms with Gasteiger partial charge >= 0.3 is 5.97 Å². The van der Waals surface area contributed by atoms with Crippen LogP contribution in [0.25, 0.3) is 17.4 Å². The largest absolute Gasteiger partial charge is 0.462 e. The summed E-state index contributed by atoms with van der Waals surface area (Å²) in [5.41, 5.74) is 2.69. The van der Waals surface area contributed by atoms with Gasteiger partial charge in [-0.05, 0) is 55.3 Å². The molecule has 0 unspecified atom stereocenters. The van der Waals surface area contributed by atoms with Gasteiger partial charge in [0.05, 0.1) is 48.2 Å². The number of esters is 1. The number of hydrogen-bond acceptors (Lipinski definition) is 7. The fourth-order valence-corrected chi connectivity index (χ4v) is 3.87. The molecule has 2 aliphatic heterocycles. The fraction of sp³-hybridized carbons (Fsp3) is 0.280. The second-order valence-electron chi connectivity index (χ2n) is 7.84. The minimum absolute atomic E-state index is 0.107. The maximum atomic E-state index is 13.0. The summed E-state index contributed by atoms with van der Waals surface area (Å²) in [6.07, 6.45) is 2.26. The zero-order chi connectivity index (χ0) is 24.4. The summed E-state index contributed by atoms with van der Waals surface area (Å²) in [7, 11) is 0. The lowest BCUT2D eigenvalue weighted by Gasteiger charge is -2.28. The lowest BCUT2D eigenvalue weighted by Crippen LogP contribution is -2.45. The average Bonchev–Trinajstić information content (AvgIpc) is 3.54. The van der Waals surface area contributed by atoms with Crippen LogP contribution in [-0.2, 0) is 14.3 Å². The van der Waals surface area contributed by atoms with Gasteiger partial charge in [-0.15, -0.1) is 0 Å². The van der Waals surface area contributed by atoms with Crippen molar-refractivity contribution in [3.8, 4) is 11.3 Å². The summed E-state index contributed by atoms with van der Waals surface area (Å²) in [5.74, 6) is -0.618. The number of halogens is 1. The number of aliphatic hydroxyl groups is 1. The monoisotopic (exact) mass is 482 g/mol. The van der Waals surface area contributed by atoms with Crippen LogP contribution in [0.2, 0.25) is 5.02 Å². The Morgan fingerprint density at radius 2 is 2.03 bits per heavy atom. The van der Waals surface area contributed by atoms with Crippen LogP contribution in [0.15, 0.2) is 56.5 Å². The lowest BCUT2D eigenvalue weighted by molar-refractivity contribution is -0.140. The molecule has 0 saturated carbocycles. The number of nitrogens with zero attached hydrogens (tertiary/aromatic N) is 2. The first-order chi connectivity index (χ1) is 16.3. The Bertz CT molecular complexity index is 1270. The standard InChI is InChI=1S/C25H23ClN2O6/c1-3-10-33-25(32)18-11-15(4-6-19(18)26)21-7-5-16(34-21)12-17-14(2)22(20-13-27-20)24(31)28(8-9-29)23(17)30/h4-7,11-12,29H,3,8-10,13H2,1-2H3/b17-12-. The molecular weight excluding hydrogens is 460 g/mol. The van der Waals surface area contributed by atoms with E-state index < -0.39 is 17.8 Å². The number of benzene rings is 1. The molecule has 9 heteroatoms. The second-order valence-corrected chi connectivity index (χ2v) is 8.25. The van der Waals surface area contributed by atoms with E-state index in [4.69, 9.17) is 20.8 Å². The van der Waals surface area contributed by atoms with E-state index in [0.717, 1.165) is 4.90 Å². The van der Waals surface area contributed by atoms with E-state index >= 15 is 0 Å². The van der Waals surface area contributed by atoms with Crippen LogP contribution in [0.1, 0.15) is 36.4 Å². The number of amides is 2. The van der Waals surface area contributed by atoms with Gasteiger partial charge in [0.2, 0.25) is 0 Å². The van der Waals surface area contributed by atoms with Crippen molar-refractivity contribution in [3.05, 3.63) is 63.4 Å². The Morgan fingerprint density at radius 3 is 2.71 bits per heavy atom. The van der Waals surface area contributed by atoms with Crippen molar-refractivity contribution >= 4 is 41.2 Å². The summed E-state index contributed by atoms with van der Waals surface area (Å²) in [5, 5.41) is 9.60. The molecule has 0 fully saturated rings. The van der Waals surface area contributed by atoms with E-state index in [1.54, 1.807) is 43.3 Å². The van der Waals surface area contributed by atoms with Gasteiger partial charge in [-0.3, -0.25) is 19.5 Å². The van der Waals surface area contributed by atoms with E-state index in [0.29, 0.717) is 59.1 Å². The normalized spacial score (nSPS) is 16.9. The topological polar surface area (TPSA) is 109 Å². The zero-order valence-corrected chi connectivity index (χ0v) is 19.5. The number of ether oxygens (including phenoxy) is 1. The summed E-state index contributed by atoms with van der Waals surface area (Å²) in [4.78, 5) is 43.2. The van der Waals surface area contributed by atoms with Crippen molar-refractivity contribution in [2.75, 3.05) is 26.3 Å². The first-order valence-corrected chi connectivity index (χ1v) is 11.2. The predicted molar refractivity (Wildman–Crippen MR) is 127 cm³/mol. The van der Waals surface area contributed by atoms with Crippen LogP contribution in [0.4, 0.5) is 0 Å². The Kier molecular flexibility index (Phi) is 6.81. The van der Waals surface area contributed by atoms with E-state index in [1.807, 2.05) is 6.92 Å². The molecule has 3 heterocycles. The molecule has 1 N–H and O–H groups in total. The number of carbonyl (C=O) groups is 3. The summed E-state index contributed by atoms with van der Waals surface area (Å²) >= 11 is 6.18. The number of aliphatic hydroxyl groups excluding tert-OH is 1. The molecule has 176 valence electrons. The van der Waals surface area contributed by atoms with Gasteiger partial charge in [0.25, 0.3) is 11.8 Å². The number of furan rings is 1. The summed E-state index contributed by atoms with van der Waals surface area (Å²) in [6.45, 7) is 3.90. The highest BCUT2D eigenvalue weighted by atomic mass is 35.5. The summed E-state index contributed by atoms with van der Waals surface area (Å²) < 4.78 is 11.1. The molecule has 1 aromatic heterocycles. The lowest BCUT2D eigenvalue weighted by atomic mass is 9.92. The molecule has 0 radical (unpaired) electrons. The van der Waals surface area contributed by atoms with Gasteiger partial charge in [0.1, 0.15) is 11.5 Å². The molecule has 1 aromatic carbocycles. The fourth-order valence-electron chi connectivity index (χ4n) is 3.67. The summed E-state index contributed by atoms with van der Waals surface area (Å²) in [6, 6.07) is 8.31. The third-order valence-corrected chi connectivity index (χ3v) is 5.79. The SMILES string of the molecule is CCCOC(=O)c1cc(-c2ccc(/C=C3\C(=O)N(CCO)C(=O)C(C4=NC4)=C3C)o2)ccc1Cl. The van der Waals surface area contributed by atoms with Crippen molar-refractivity contribution < 1.29 is 28.6 Å². The van der Waals surface area contributed by atoms with Crippen LogP contribution < -0.4 is 0 Å². The predicted octanol–water partition coefficient (Wildman–Crippen LogP) is 3.68. The quantitative estimate of drug-likeness (QED) is 0.349. The highest BCUT2D eigenvalue weighted by Crippen LogP contribution is 2.32. The molecular formula is C25H23ClN2O6. The van der Waals surface area contributed by atoms with Crippen molar-refractivity contribution in [1.82, 2.24) is 4.90 Å². The van der Waals surface area contributed by atoms with Gasteiger partial charge in [0, 0.05) is 11.1 Å². The molecule has 0 aliphatic carbocycles. The maximum absolute atomic E-state index is 13.0. The van der Waals surface area contributed by atoms with Gasteiger partial charge in [-0.2, -0.15) is 0 Å². The third-order valence-electron chi connectivity index (χ3n) is 5.46. The molecule has 0 saturated heterocycles. The molecule has 0 atom stereocenters. The van der Waals surface area contributed by atoms with Crippen molar-refractivity contribution in [3.63, 3.8) is 0 Å². The van der Waals surface area contributed by atoms with E-state index in [-0.39, 0.29) is 23.7 Å². The highest BCUT2D eigenvalue weighted by Gasteiger charge is 2.39. The van der Waals surface area contributed by atoms with E-state index in [2.05, 4.69) is 4.99 Å². The minimum atomic E-state index is -0.514. The van der Waals surface area contributed by atoms with Crippen LogP contribution >= 0.6 is 11.6 Å². The molecule has 4 rings (SSSR count). The van der Waals surface area contributed by atoms with Gasteiger partial charge < -0.3 is 14.3 Å². The number of rotatable bonds is 8. The minimum Gasteiger partial charge on any atom is -0.462 e. The third kappa shape index (κ3) is 4.60. The maximum Gasteiger partial charge on any atom is 0.339 e. The van der Waals surface area contributed by atoms with Gasteiger partial charge in [-0.25, -0.2) is 4.79 Å². The number of carbonyl (C=O) groups excluding carboxylic acids is 3. The van der Waals surface area contributed by atoms with Gasteiger partial charge in [0.15, 0.2) is 0 Å². The number of β-amino-alcohol motifs (C(OH)–C–C–N with tert-alkyl or cyclic N) is 1. The van der Waals surface area contributed by atoms with Crippen molar-refractivity contribution in [2.45, 2.75) is 20.3 Å². The number of hydrogen-bond donors (Lipinski definition) is 1. The van der Waals surface area contributed by atoms with Gasteiger partial charge in [-0.1, -0.05) is 18.5 Å². The molecule has 2 aromatic rings. The highest BCUT2D eigenvalue weighted by molar-refractivity contribution is 6.34.